The summed E-state index contributed by atoms with van der Waals surface area (Å²) >= 11 is 1.69. The molecule has 2 rings (SSSR count). The Kier molecular flexibility index (Phi) is 3.97. The van der Waals surface area contributed by atoms with Gasteiger partial charge in [0, 0.05) is 12.6 Å². The number of para-hydroxylation sites is 1. The monoisotopic (exact) mass is 249 g/mol. The third-order valence-corrected chi connectivity index (χ3v) is 3.63. The van der Waals surface area contributed by atoms with Gasteiger partial charge in [-0.15, -0.1) is 0 Å². The topological polar surface area (TPSA) is 50.9 Å². The van der Waals surface area contributed by atoms with E-state index in [0.717, 1.165) is 17.1 Å². The van der Waals surface area contributed by atoms with Crippen molar-refractivity contribution in [1.29, 1.82) is 0 Å². The van der Waals surface area contributed by atoms with Crippen molar-refractivity contribution in [1.82, 2.24) is 4.98 Å². The Balaban J connectivity index is 2.11. The third-order valence-electron chi connectivity index (χ3n) is 2.66. The molecule has 1 atom stereocenters. The second-order valence-corrected chi connectivity index (χ2v) is 5.72. The quantitative estimate of drug-likeness (QED) is 0.856. The highest BCUT2D eigenvalue weighted by Gasteiger charge is 2.11. The van der Waals surface area contributed by atoms with E-state index in [1.807, 2.05) is 18.2 Å². The third kappa shape index (κ3) is 3.17. The second kappa shape index (κ2) is 5.47. The zero-order chi connectivity index (χ0) is 12.3. The van der Waals surface area contributed by atoms with E-state index in [0.29, 0.717) is 18.5 Å². The van der Waals surface area contributed by atoms with Gasteiger partial charge >= 0.3 is 0 Å². The van der Waals surface area contributed by atoms with Crippen molar-refractivity contribution in [3.05, 3.63) is 24.3 Å². The number of nitrogens with zero attached hydrogens (tertiary/aromatic N) is 1. The fourth-order valence-electron chi connectivity index (χ4n) is 1.89. The normalized spacial score (nSPS) is 13.2. The number of nitrogens with one attached hydrogen (secondary N) is 1. The molecule has 17 heavy (non-hydrogen) atoms. The van der Waals surface area contributed by atoms with Crippen molar-refractivity contribution >= 4 is 26.7 Å². The molecule has 1 aromatic heterocycles. The van der Waals surface area contributed by atoms with E-state index < -0.39 is 0 Å². The smallest absolute Gasteiger partial charge is 0.184 e. The standard InChI is InChI=1S/C13H19N3S/c1-9(2)7-10(8-14)15-13-16-11-5-3-4-6-12(11)17-13/h3-6,9-10H,7-8,14H2,1-2H3,(H,15,16). The van der Waals surface area contributed by atoms with E-state index in [2.05, 4.69) is 30.2 Å². The van der Waals surface area contributed by atoms with Gasteiger partial charge in [-0.3, -0.25) is 0 Å². The van der Waals surface area contributed by atoms with Crippen LogP contribution in [0.1, 0.15) is 20.3 Å². The average Bonchev–Trinajstić information content (AvgIpc) is 2.69. The number of hydrogen-bond donors (Lipinski definition) is 2. The van der Waals surface area contributed by atoms with Crippen molar-refractivity contribution in [3.63, 3.8) is 0 Å². The SMILES string of the molecule is CC(C)CC(CN)Nc1nc2ccccc2s1. The first-order chi connectivity index (χ1) is 8.19. The lowest BCUT2D eigenvalue weighted by molar-refractivity contribution is 0.522. The van der Waals surface area contributed by atoms with Crippen LogP contribution in [0.2, 0.25) is 0 Å². The van der Waals surface area contributed by atoms with Gasteiger partial charge in [0.05, 0.1) is 10.2 Å². The van der Waals surface area contributed by atoms with Crippen LogP contribution in [0.3, 0.4) is 0 Å². The van der Waals surface area contributed by atoms with Crippen LogP contribution in [0.15, 0.2) is 24.3 Å². The van der Waals surface area contributed by atoms with Crippen LogP contribution in [0, 0.1) is 5.92 Å². The molecule has 0 spiro atoms. The average molecular weight is 249 g/mol. The van der Waals surface area contributed by atoms with E-state index in [4.69, 9.17) is 5.73 Å². The van der Waals surface area contributed by atoms with E-state index in [9.17, 15) is 0 Å². The summed E-state index contributed by atoms with van der Waals surface area (Å²) in [5, 5.41) is 4.41. The molecule has 2 aromatic rings. The number of aromatic nitrogens is 1. The number of nitrogens with two attached hydrogens (primary N) is 1. The first-order valence-electron chi connectivity index (χ1n) is 6.01. The zero-order valence-corrected chi connectivity index (χ0v) is 11.1. The molecule has 1 heterocycles. The minimum Gasteiger partial charge on any atom is -0.357 e. The predicted molar refractivity (Wildman–Crippen MR) is 75.5 cm³/mol. The van der Waals surface area contributed by atoms with Crippen molar-refractivity contribution in [2.45, 2.75) is 26.3 Å². The lowest BCUT2D eigenvalue weighted by Gasteiger charge is -2.17. The summed E-state index contributed by atoms with van der Waals surface area (Å²) in [7, 11) is 0. The van der Waals surface area contributed by atoms with Gasteiger partial charge in [-0.2, -0.15) is 0 Å². The van der Waals surface area contributed by atoms with Crippen LogP contribution in [0.4, 0.5) is 5.13 Å². The van der Waals surface area contributed by atoms with Crippen molar-refractivity contribution in [2.24, 2.45) is 11.7 Å². The number of fused-ring (bicyclic) bond motifs is 1. The molecule has 92 valence electrons. The maximum Gasteiger partial charge on any atom is 0.184 e. The lowest BCUT2D eigenvalue weighted by atomic mass is 10.0. The number of thiazole rings is 1. The maximum atomic E-state index is 5.78. The molecule has 3 N–H and O–H groups in total. The van der Waals surface area contributed by atoms with Crippen molar-refractivity contribution in [3.8, 4) is 0 Å². The Bertz CT molecular complexity index is 445. The highest BCUT2D eigenvalue weighted by Crippen LogP contribution is 2.26. The van der Waals surface area contributed by atoms with E-state index in [1.54, 1.807) is 11.3 Å². The van der Waals surface area contributed by atoms with E-state index in [1.165, 1.54) is 4.70 Å². The van der Waals surface area contributed by atoms with Crippen LogP contribution in [0.25, 0.3) is 10.2 Å². The first-order valence-corrected chi connectivity index (χ1v) is 6.83. The van der Waals surface area contributed by atoms with Crippen LogP contribution < -0.4 is 11.1 Å². The van der Waals surface area contributed by atoms with E-state index >= 15 is 0 Å². The first kappa shape index (κ1) is 12.3. The molecule has 1 unspecified atom stereocenters. The minimum atomic E-state index is 0.315. The van der Waals surface area contributed by atoms with Crippen LogP contribution in [-0.4, -0.2) is 17.6 Å². The predicted octanol–water partition coefficient (Wildman–Crippen LogP) is 3.08. The molecule has 0 saturated heterocycles. The van der Waals surface area contributed by atoms with Crippen molar-refractivity contribution in [2.75, 3.05) is 11.9 Å². The Hall–Kier alpha value is -1.13. The molecule has 4 heteroatoms. The highest BCUT2D eigenvalue weighted by atomic mass is 32.1. The summed E-state index contributed by atoms with van der Waals surface area (Å²) < 4.78 is 1.22. The summed E-state index contributed by atoms with van der Waals surface area (Å²) in [4.78, 5) is 4.56. The Morgan fingerprint density at radius 3 is 2.76 bits per heavy atom. The molecule has 0 aliphatic carbocycles. The molecule has 0 fully saturated rings. The van der Waals surface area contributed by atoms with Crippen molar-refractivity contribution < 1.29 is 0 Å². The number of anilines is 1. The van der Waals surface area contributed by atoms with Crippen LogP contribution >= 0.6 is 11.3 Å². The number of hydrogen-bond acceptors (Lipinski definition) is 4. The summed E-state index contributed by atoms with van der Waals surface area (Å²) in [6.45, 7) is 5.07. The summed E-state index contributed by atoms with van der Waals surface area (Å²) in [6, 6.07) is 8.50. The van der Waals surface area contributed by atoms with Gasteiger partial charge in [0.1, 0.15) is 0 Å². The molecule has 0 saturated carbocycles. The van der Waals surface area contributed by atoms with Gasteiger partial charge in [-0.05, 0) is 24.5 Å². The van der Waals surface area contributed by atoms with Gasteiger partial charge < -0.3 is 11.1 Å². The molecule has 0 aliphatic rings. The Labute approximate surface area is 106 Å². The van der Waals surface area contributed by atoms with Gasteiger partial charge in [0.25, 0.3) is 0 Å². The molecule has 0 aliphatic heterocycles. The second-order valence-electron chi connectivity index (χ2n) is 4.69. The van der Waals surface area contributed by atoms with Gasteiger partial charge in [-0.25, -0.2) is 4.98 Å². The zero-order valence-electron chi connectivity index (χ0n) is 10.3. The summed E-state index contributed by atoms with van der Waals surface area (Å²) in [5.41, 5.74) is 6.83. The number of benzene rings is 1. The molecular formula is C13H19N3S. The fraction of sp³-hybridized carbons (Fsp3) is 0.462. The maximum absolute atomic E-state index is 5.78. The van der Waals surface area contributed by atoms with Gasteiger partial charge in [-0.1, -0.05) is 37.3 Å². The molecule has 1 aromatic carbocycles. The fourth-order valence-corrected chi connectivity index (χ4v) is 2.83. The lowest BCUT2D eigenvalue weighted by Crippen LogP contribution is -2.30. The summed E-state index contributed by atoms with van der Waals surface area (Å²) in [5.74, 6) is 0.644. The van der Waals surface area contributed by atoms with E-state index in [-0.39, 0.29) is 0 Å². The van der Waals surface area contributed by atoms with Gasteiger partial charge in [0.2, 0.25) is 0 Å². The molecule has 3 nitrogen and oxygen atoms in total. The molecule has 0 bridgehead atoms. The Morgan fingerprint density at radius 1 is 1.35 bits per heavy atom. The summed E-state index contributed by atoms with van der Waals surface area (Å²) in [6.07, 6.45) is 1.08. The molecule has 0 amide bonds. The number of rotatable bonds is 5. The molecular weight excluding hydrogens is 230 g/mol. The molecule has 0 radical (unpaired) electrons. The Morgan fingerprint density at radius 2 is 2.12 bits per heavy atom. The van der Waals surface area contributed by atoms with Gasteiger partial charge in [0.15, 0.2) is 5.13 Å². The minimum absolute atomic E-state index is 0.315. The van der Waals surface area contributed by atoms with Crippen LogP contribution in [0.5, 0.6) is 0 Å². The van der Waals surface area contributed by atoms with Crippen LogP contribution in [-0.2, 0) is 0 Å². The largest absolute Gasteiger partial charge is 0.357 e. The highest BCUT2D eigenvalue weighted by molar-refractivity contribution is 7.22.